The average Bonchev–Trinajstić information content (AvgIpc) is 2.96. The number of aliphatic hydroxyl groups is 1. The van der Waals surface area contributed by atoms with Crippen molar-refractivity contribution >= 4 is 31.3 Å². The molecule has 5 unspecified atom stereocenters. The molecule has 9 atom stereocenters. The number of alkyl halides is 2. The van der Waals surface area contributed by atoms with E-state index in [1.807, 2.05) is 0 Å². The van der Waals surface area contributed by atoms with Crippen LogP contribution in [-0.4, -0.2) is 97.5 Å². The van der Waals surface area contributed by atoms with E-state index >= 15 is 0 Å². The molecule has 0 bridgehead atoms. The summed E-state index contributed by atoms with van der Waals surface area (Å²) in [6.45, 7) is -1.70. The highest BCUT2D eigenvalue weighted by Crippen LogP contribution is 2.49. The van der Waals surface area contributed by atoms with Gasteiger partial charge in [0.25, 0.3) is 0 Å². The monoisotopic (exact) mass is 434 g/mol. The Morgan fingerprint density at radius 2 is 1.41 bits per heavy atom. The third-order valence-corrected chi connectivity index (χ3v) is 5.25. The molecule has 0 amide bonds. The van der Waals surface area contributed by atoms with Crippen molar-refractivity contribution in [1.29, 1.82) is 0 Å². The van der Waals surface area contributed by atoms with Crippen LogP contribution in [0.25, 0.3) is 0 Å². The van der Waals surface area contributed by atoms with Gasteiger partial charge in [-0.2, -0.15) is 0 Å². The van der Waals surface area contributed by atoms with E-state index in [4.69, 9.17) is 40.1 Å². The highest BCUT2D eigenvalue weighted by molar-refractivity contribution is 7.47. The zero-order valence-corrected chi connectivity index (χ0v) is 15.3. The zero-order chi connectivity index (χ0) is 20.6. The number of rotatable bonds is 8. The van der Waals surface area contributed by atoms with Gasteiger partial charge in [0.05, 0.1) is 25.2 Å². The lowest BCUT2D eigenvalue weighted by Gasteiger charge is -2.24. The Morgan fingerprint density at radius 3 is 1.89 bits per heavy atom. The van der Waals surface area contributed by atoms with Crippen LogP contribution in [0.4, 0.5) is 8.78 Å². The molecule has 2 aliphatic rings. The maximum absolute atomic E-state index is 13.9. The molecule has 152 valence electrons. The first-order valence-corrected chi connectivity index (χ1v) is 10.5. The third-order valence-electron chi connectivity index (χ3n) is 3.75. The van der Waals surface area contributed by atoms with E-state index in [1.54, 1.807) is 0 Å². The molecule has 2 aliphatic heterocycles. The minimum atomic E-state index is -5.13. The lowest BCUT2D eigenvalue weighted by molar-refractivity contribution is -0.0276. The minimum absolute atomic E-state index is 0.763. The minimum Gasteiger partial charge on any atom is -0.394 e. The number of phosphoric ester groups is 2. The summed E-state index contributed by atoms with van der Waals surface area (Å²) in [7, 11) is 0.392. The fourth-order valence-electron chi connectivity index (χ4n) is 2.54. The second kappa shape index (κ2) is 8.85. The van der Waals surface area contributed by atoms with Gasteiger partial charge in [0.15, 0.2) is 0 Å². The topological polar surface area (TPSA) is 161 Å². The molecule has 11 nitrogen and oxygen atoms in total. The Bertz CT molecular complexity index is 612. The normalized spacial score (nSPS) is 42.3. The summed E-state index contributed by atoms with van der Waals surface area (Å²) in [5.41, 5.74) is 0. The first-order valence-electron chi connectivity index (χ1n) is 7.45. The molecule has 27 heavy (non-hydrogen) atoms. The largest absolute Gasteiger partial charge is 0.472 e. The Balaban J connectivity index is 1.99. The molecule has 0 spiro atoms. The molecule has 2 fully saturated rings. The van der Waals surface area contributed by atoms with Crippen molar-refractivity contribution in [2.75, 3.05) is 13.2 Å². The molecule has 4 radical (unpaired) electrons. The average molecular weight is 434 g/mol. The maximum Gasteiger partial charge on any atom is 0.472 e. The highest BCUT2D eigenvalue weighted by Gasteiger charge is 2.49. The van der Waals surface area contributed by atoms with E-state index in [-0.39, 0.29) is 0 Å². The van der Waals surface area contributed by atoms with Gasteiger partial charge < -0.3 is 29.3 Å². The third kappa shape index (κ3) is 6.03. The van der Waals surface area contributed by atoms with Crippen molar-refractivity contribution in [3.8, 4) is 0 Å². The van der Waals surface area contributed by atoms with Crippen molar-refractivity contribution in [3.63, 3.8) is 0 Å². The van der Waals surface area contributed by atoms with Crippen LogP contribution >= 0.6 is 15.6 Å². The first-order chi connectivity index (χ1) is 12.3. The summed E-state index contributed by atoms with van der Waals surface area (Å²) in [6.07, 6.45) is -10.8. The molecule has 0 aromatic carbocycles. The van der Waals surface area contributed by atoms with E-state index in [0.29, 0.717) is 0 Å². The van der Waals surface area contributed by atoms with Gasteiger partial charge in [0.1, 0.15) is 52.5 Å². The predicted molar refractivity (Wildman–Crippen MR) is 83.3 cm³/mol. The van der Waals surface area contributed by atoms with Gasteiger partial charge in [-0.05, 0) is 0 Å². The van der Waals surface area contributed by atoms with E-state index < -0.39 is 77.6 Å². The number of hydrogen-bond acceptors (Lipinski definition) is 8. The summed E-state index contributed by atoms with van der Waals surface area (Å²) >= 11 is 0. The lowest BCUT2D eigenvalue weighted by Crippen LogP contribution is -2.35. The molecular formula is C10H16B2F2O11P2. The Hall–Kier alpha value is 0.0899. The fraction of sp³-hybridized carbons (Fsp3) is 1.00. The predicted octanol–water partition coefficient (Wildman–Crippen LogP) is -1.58. The molecule has 2 heterocycles. The number of ether oxygens (including phenoxy) is 2. The van der Waals surface area contributed by atoms with Crippen LogP contribution in [0.2, 0.25) is 0 Å². The van der Waals surface area contributed by atoms with Crippen molar-refractivity contribution < 1.29 is 60.7 Å². The second-order valence-electron chi connectivity index (χ2n) is 5.74. The van der Waals surface area contributed by atoms with Crippen molar-refractivity contribution in [3.05, 3.63) is 0 Å². The van der Waals surface area contributed by atoms with E-state index in [9.17, 15) is 22.8 Å². The zero-order valence-electron chi connectivity index (χ0n) is 13.5. The Kier molecular flexibility index (Phi) is 7.66. The van der Waals surface area contributed by atoms with Crippen molar-refractivity contribution in [2.45, 2.75) is 48.8 Å². The summed E-state index contributed by atoms with van der Waals surface area (Å²) in [6, 6.07) is -3.14. The standard InChI is InChI=1S/C10H16B2F2O11P2/c11-9-5(13)7(3(1-15)22-9)25-27(19,20)21-2-4-8(24-26(16,17)18)6(14)10(12)23-4/h3-10,15H,1-2H2,(H,19,20)(H2,16,17,18)/t3?,4?,5?,6?,7-,8-,9+,10+/m0/s1. The molecule has 2 saturated heterocycles. The van der Waals surface area contributed by atoms with Crippen LogP contribution in [0.1, 0.15) is 0 Å². The van der Waals surface area contributed by atoms with Gasteiger partial charge in [-0.3, -0.25) is 13.6 Å². The van der Waals surface area contributed by atoms with Gasteiger partial charge in [-0.25, -0.2) is 17.9 Å². The summed E-state index contributed by atoms with van der Waals surface area (Å²) in [5, 5.41) is 9.07. The SMILES string of the molecule is [B][C@@H]1OC(COP(=O)(O)O[C@H]2C(CO)O[C@@H]([B])C2F)[C@H](OP(=O)(O)O)C1F. The van der Waals surface area contributed by atoms with Gasteiger partial charge in [0.2, 0.25) is 0 Å². The summed E-state index contributed by atoms with van der Waals surface area (Å²) < 4.78 is 73.6. The number of hydrogen-bond donors (Lipinski definition) is 4. The first kappa shape index (κ1) is 23.4. The molecule has 0 aromatic rings. The quantitative estimate of drug-likeness (QED) is 0.258. The van der Waals surface area contributed by atoms with Crippen LogP contribution in [0, 0.1) is 0 Å². The van der Waals surface area contributed by atoms with Gasteiger partial charge in [-0.1, -0.05) is 0 Å². The summed E-state index contributed by atoms with van der Waals surface area (Å²) in [4.78, 5) is 27.3. The van der Waals surface area contributed by atoms with Crippen molar-refractivity contribution in [2.24, 2.45) is 0 Å². The molecular weight excluding hydrogens is 418 g/mol. The van der Waals surface area contributed by atoms with E-state index in [0.717, 1.165) is 0 Å². The molecule has 2 rings (SSSR count). The molecule has 0 saturated carbocycles. The fourth-order valence-corrected chi connectivity index (χ4v) is 4.06. The van der Waals surface area contributed by atoms with Crippen LogP contribution in [0.5, 0.6) is 0 Å². The van der Waals surface area contributed by atoms with Crippen molar-refractivity contribution in [1.82, 2.24) is 0 Å². The molecule has 0 aromatic heterocycles. The second-order valence-corrected chi connectivity index (χ2v) is 8.34. The molecule has 17 heteroatoms. The van der Waals surface area contributed by atoms with Crippen LogP contribution < -0.4 is 0 Å². The maximum atomic E-state index is 13.9. The number of halogens is 2. The Labute approximate surface area is 154 Å². The highest BCUT2D eigenvalue weighted by atomic mass is 31.2. The number of aliphatic hydroxyl groups excluding tert-OH is 1. The number of phosphoric acid groups is 2. The summed E-state index contributed by atoms with van der Waals surface area (Å²) in [5.74, 6) is 0. The van der Waals surface area contributed by atoms with Gasteiger partial charge in [0, 0.05) is 0 Å². The van der Waals surface area contributed by atoms with Gasteiger partial charge >= 0.3 is 15.6 Å². The Morgan fingerprint density at radius 1 is 0.926 bits per heavy atom. The van der Waals surface area contributed by atoms with Crippen LogP contribution in [-0.2, 0) is 32.2 Å². The lowest BCUT2D eigenvalue weighted by atomic mass is 9.94. The van der Waals surface area contributed by atoms with Crippen LogP contribution in [0.15, 0.2) is 0 Å². The van der Waals surface area contributed by atoms with Gasteiger partial charge in [-0.15, -0.1) is 0 Å². The molecule has 4 N–H and O–H groups in total. The molecule has 0 aliphatic carbocycles. The smallest absolute Gasteiger partial charge is 0.394 e. The van der Waals surface area contributed by atoms with E-state index in [1.165, 1.54) is 0 Å². The van der Waals surface area contributed by atoms with E-state index in [2.05, 4.69) is 13.6 Å². The van der Waals surface area contributed by atoms with Crippen LogP contribution in [0.3, 0.4) is 0 Å².